The molecule has 1 heterocycles. The van der Waals surface area contributed by atoms with Gasteiger partial charge in [0, 0.05) is 18.6 Å². The second kappa shape index (κ2) is 5.59. The first-order chi connectivity index (χ1) is 12.7. The minimum absolute atomic E-state index is 0.102. The predicted molar refractivity (Wildman–Crippen MR) is 108 cm³/mol. The zero-order valence-corrected chi connectivity index (χ0v) is 17.0. The highest BCUT2D eigenvalue weighted by Crippen LogP contribution is 2.70. The number of nitrogens with two attached hydrogens (primary N) is 1. The summed E-state index contributed by atoms with van der Waals surface area (Å²) >= 11 is 0. The first kappa shape index (κ1) is 17.7. The molecule has 1 aliphatic heterocycles. The number of amides is 1. The third-order valence-electron chi connectivity index (χ3n) is 8.38. The fraction of sp³-hybridized carbons (Fsp3) is 0.708. The third kappa shape index (κ3) is 2.76. The number of piperidine rings is 1. The van der Waals surface area contributed by atoms with E-state index in [1.807, 2.05) is 0 Å². The second-order valence-electron chi connectivity index (χ2n) is 11.2. The van der Waals surface area contributed by atoms with E-state index < -0.39 is 0 Å². The van der Waals surface area contributed by atoms with Crippen LogP contribution in [0.5, 0.6) is 0 Å². The van der Waals surface area contributed by atoms with Crippen molar-refractivity contribution in [1.29, 1.82) is 0 Å². The molecule has 146 valence electrons. The summed E-state index contributed by atoms with van der Waals surface area (Å²) in [6.07, 6.45) is 8.99. The summed E-state index contributed by atoms with van der Waals surface area (Å²) < 4.78 is 0. The zero-order chi connectivity index (χ0) is 18.9. The maximum Gasteiger partial charge on any atom is 0.228 e. The number of carbonyl (C=O) groups excluding carboxylic acids is 1. The summed E-state index contributed by atoms with van der Waals surface area (Å²) in [5.41, 5.74) is 8.10. The van der Waals surface area contributed by atoms with Crippen LogP contribution in [0.15, 0.2) is 30.3 Å². The lowest BCUT2D eigenvalue weighted by Gasteiger charge is -2.66. The number of hydrogen-bond donors (Lipinski definition) is 1. The fourth-order valence-corrected chi connectivity index (χ4v) is 7.83. The molecule has 6 rings (SSSR count). The van der Waals surface area contributed by atoms with Gasteiger partial charge < -0.3 is 10.6 Å². The molecule has 27 heavy (non-hydrogen) atoms. The van der Waals surface area contributed by atoms with E-state index in [4.69, 9.17) is 5.73 Å². The Labute approximate surface area is 163 Å². The molecule has 5 fully saturated rings. The van der Waals surface area contributed by atoms with Crippen LogP contribution in [0.3, 0.4) is 0 Å². The lowest BCUT2D eigenvalue weighted by atomic mass is 9.38. The highest BCUT2D eigenvalue weighted by atomic mass is 16.2. The van der Waals surface area contributed by atoms with Crippen molar-refractivity contribution < 1.29 is 4.79 Å². The van der Waals surface area contributed by atoms with Gasteiger partial charge in [0.15, 0.2) is 0 Å². The number of hydrogen-bond acceptors (Lipinski definition) is 2. The van der Waals surface area contributed by atoms with Gasteiger partial charge in [0.2, 0.25) is 5.91 Å². The van der Waals surface area contributed by atoms with Crippen molar-refractivity contribution in [3.63, 3.8) is 0 Å². The van der Waals surface area contributed by atoms with Gasteiger partial charge in [-0.1, -0.05) is 37.3 Å². The molecule has 2 N–H and O–H groups in total. The van der Waals surface area contributed by atoms with Gasteiger partial charge in [0.1, 0.15) is 0 Å². The molecule has 4 aliphatic carbocycles. The molecule has 1 saturated heterocycles. The van der Waals surface area contributed by atoms with Gasteiger partial charge in [0.25, 0.3) is 0 Å². The summed E-state index contributed by atoms with van der Waals surface area (Å²) in [6, 6.07) is 11.1. The molecule has 3 nitrogen and oxygen atoms in total. The molecule has 1 aromatic carbocycles. The quantitative estimate of drug-likeness (QED) is 0.850. The average Bonchev–Trinajstić information content (AvgIpc) is 2.60. The lowest BCUT2D eigenvalue weighted by molar-refractivity contribution is -0.171. The minimum Gasteiger partial charge on any atom is -0.342 e. The predicted octanol–water partition coefficient (Wildman–Crippen LogP) is 4.25. The van der Waals surface area contributed by atoms with Gasteiger partial charge in [-0.15, -0.1) is 0 Å². The maximum absolute atomic E-state index is 13.9. The number of benzene rings is 1. The average molecular weight is 367 g/mol. The van der Waals surface area contributed by atoms with Crippen molar-refractivity contribution in [2.75, 3.05) is 13.1 Å². The Morgan fingerprint density at radius 2 is 1.70 bits per heavy atom. The lowest BCUT2D eigenvalue weighted by Crippen LogP contribution is -2.63. The number of nitrogens with zero attached hydrogens (tertiary/aromatic N) is 1. The van der Waals surface area contributed by atoms with Crippen molar-refractivity contribution in [2.24, 2.45) is 22.5 Å². The Bertz CT molecular complexity index is 749. The van der Waals surface area contributed by atoms with Crippen LogP contribution in [0.4, 0.5) is 0 Å². The van der Waals surface area contributed by atoms with Crippen molar-refractivity contribution in [1.82, 2.24) is 4.90 Å². The summed E-state index contributed by atoms with van der Waals surface area (Å²) in [6.45, 7) is 6.27. The molecule has 4 unspecified atom stereocenters. The monoisotopic (exact) mass is 366 g/mol. The molecule has 0 radical (unpaired) electrons. The van der Waals surface area contributed by atoms with E-state index in [0.29, 0.717) is 17.2 Å². The third-order valence-corrected chi connectivity index (χ3v) is 8.38. The molecule has 3 heteroatoms. The zero-order valence-electron chi connectivity index (χ0n) is 17.0. The SMILES string of the molecule is CC1(N)CCN(C(=O)C23CC4CC(C)(C2)CC(c2ccccc2)(C4)C3)CC1. The van der Waals surface area contributed by atoms with Crippen molar-refractivity contribution in [3.05, 3.63) is 35.9 Å². The Morgan fingerprint density at radius 1 is 1.00 bits per heavy atom. The van der Waals surface area contributed by atoms with Gasteiger partial charge in [-0.2, -0.15) is 0 Å². The van der Waals surface area contributed by atoms with Crippen LogP contribution in [-0.2, 0) is 10.2 Å². The van der Waals surface area contributed by atoms with Crippen molar-refractivity contribution >= 4 is 5.91 Å². The van der Waals surface area contributed by atoms with E-state index in [9.17, 15) is 4.79 Å². The van der Waals surface area contributed by atoms with Gasteiger partial charge in [-0.25, -0.2) is 0 Å². The first-order valence-electron chi connectivity index (χ1n) is 10.9. The Kier molecular flexibility index (Phi) is 3.67. The molecular weight excluding hydrogens is 332 g/mol. The highest BCUT2D eigenvalue weighted by Gasteiger charge is 2.65. The molecule has 0 aromatic heterocycles. The van der Waals surface area contributed by atoms with Crippen LogP contribution in [0, 0.1) is 16.7 Å². The topological polar surface area (TPSA) is 46.3 Å². The molecule has 1 amide bonds. The molecular formula is C24H34N2O. The van der Waals surface area contributed by atoms with E-state index >= 15 is 0 Å². The summed E-state index contributed by atoms with van der Waals surface area (Å²) in [4.78, 5) is 16.0. The van der Waals surface area contributed by atoms with E-state index in [1.54, 1.807) is 0 Å². The molecule has 4 saturated carbocycles. The summed E-state index contributed by atoms with van der Waals surface area (Å²) in [7, 11) is 0. The Hall–Kier alpha value is -1.35. The van der Waals surface area contributed by atoms with Gasteiger partial charge in [-0.05, 0) is 80.6 Å². The Morgan fingerprint density at radius 3 is 2.37 bits per heavy atom. The van der Waals surface area contributed by atoms with E-state index in [0.717, 1.165) is 45.2 Å². The second-order valence-corrected chi connectivity index (χ2v) is 11.2. The summed E-state index contributed by atoms with van der Waals surface area (Å²) in [5.74, 6) is 1.16. The largest absolute Gasteiger partial charge is 0.342 e. The summed E-state index contributed by atoms with van der Waals surface area (Å²) in [5, 5.41) is 0. The standard InChI is InChI=1S/C24H34N2O/c1-21-12-18-13-23(15-21,19-6-4-3-5-7-19)17-24(14-18,16-21)20(27)26-10-8-22(2,25)9-11-26/h3-7,18H,8-17,25H2,1-2H3. The normalized spacial score (nSPS) is 42.3. The number of likely N-dealkylation sites (tertiary alicyclic amines) is 1. The molecule has 1 aromatic rings. The minimum atomic E-state index is -0.133. The van der Waals surface area contributed by atoms with E-state index in [1.165, 1.54) is 24.8 Å². The van der Waals surface area contributed by atoms with Crippen molar-refractivity contribution in [3.8, 4) is 0 Å². The van der Waals surface area contributed by atoms with Crippen LogP contribution in [0.1, 0.15) is 70.8 Å². The molecule has 5 aliphatic rings. The number of carbonyl (C=O) groups is 1. The van der Waals surface area contributed by atoms with E-state index in [2.05, 4.69) is 49.1 Å². The van der Waals surface area contributed by atoms with Crippen LogP contribution < -0.4 is 5.73 Å². The molecule has 4 atom stereocenters. The first-order valence-corrected chi connectivity index (χ1v) is 10.9. The van der Waals surface area contributed by atoms with Gasteiger partial charge >= 0.3 is 0 Å². The van der Waals surface area contributed by atoms with Crippen LogP contribution in [0.2, 0.25) is 0 Å². The van der Waals surface area contributed by atoms with E-state index in [-0.39, 0.29) is 16.4 Å². The van der Waals surface area contributed by atoms with Crippen molar-refractivity contribution in [2.45, 2.75) is 76.2 Å². The van der Waals surface area contributed by atoms with Gasteiger partial charge in [0.05, 0.1) is 5.41 Å². The smallest absolute Gasteiger partial charge is 0.228 e. The molecule has 0 spiro atoms. The van der Waals surface area contributed by atoms with Crippen LogP contribution >= 0.6 is 0 Å². The number of rotatable bonds is 2. The van der Waals surface area contributed by atoms with Crippen LogP contribution in [-0.4, -0.2) is 29.4 Å². The molecule has 4 bridgehead atoms. The fourth-order valence-electron chi connectivity index (χ4n) is 7.83. The maximum atomic E-state index is 13.9. The van der Waals surface area contributed by atoms with Crippen LogP contribution in [0.25, 0.3) is 0 Å². The highest BCUT2D eigenvalue weighted by molar-refractivity contribution is 5.84. The van der Waals surface area contributed by atoms with Gasteiger partial charge in [-0.3, -0.25) is 4.79 Å². The Balaban J connectivity index is 1.49.